The van der Waals surface area contributed by atoms with Gasteiger partial charge in [0.05, 0.1) is 7.11 Å². The molecule has 3 aromatic rings. The highest BCUT2D eigenvalue weighted by molar-refractivity contribution is 5.77. The molecule has 0 aliphatic heterocycles. The fourth-order valence-corrected chi connectivity index (χ4v) is 1.97. The Morgan fingerprint density at radius 2 is 1.71 bits per heavy atom. The van der Waals surface area contributed by atoms with Gasteiger partial charge in [-0.15, -0.1) is 10.2 Å². The number of benzene rings is 1. The van der Waals surface area contributed by atoms with E-state index < -0.39 is 0 Å². The van der Waals surface area contributed by atoms with E-state index in [2.05, 4.69) is 20.2 Å². The summed E-state index contributed by atoms with van der Waals surface area (Å²) in [5.41, 5.74) is 8.70. The second-order valence-corrected chi connectivity index (χ2v) is 4.32. The van der Waals surface area contributed by atoms with Crippen LogP contribution in [-0.4, -0.2) is 27.3 Å². The number of rotatable bonds is 3. The van der Waals surface area contributed by atoms with Crippen molar-refractivity contribution in [2.24, 2.45) is 0 Å². The second kappa shape index (κ2) is 5.54. The van der Waals surface area contributed by atoms with E-state index in [1.807, 2.05) is 36.4 Å². The predicted molar refractivity (Wildman–Crippen MR) is 79.5 cm³/mol. The highest BCUT2D eigenvalue weighted by atomic mass is 16.5. The highest BCUT2D eigenvalue weighted by Gasteiger charge is 2.13. The fraction of sp³-hybridized carbons (Fsp3) is 0.0667. The van der Waals surface area contributed by atoms with Crippen LogP contribution in [-0.2, 0) is 0 Å². The molecule has 0 atom stereocenters. The van der Waals surface area contributed by atoms with E-state index in [0.29, 0.717) is 17.3 Å². The van der Waals surface area contributed by atoms with Crippen LogP contribution in [0, 0.1) is 0 Å². The number of nitrogen functional groups attached to an aromatic ring is 1. The van der Waals surface area contributed by atoms with Crippen molar-refractivity contribution in [3.05, 3.63) is 48.7 Å². The Bertz CT molecular complexity index is 744. The molecule has 0 fully saturated rings. The molecule has 0 unspecified atom stereocenters. The van der Waals surface area contributed by atoms with E-state index in [9.17, 15) is 0 Å². The van der Waals surface area contributed by atoms with Crippen LogP contribution in [0.1, 0.15) is 0 Å². The van der Waals surface area contributed by atoms with Crippen LogP contribution in [0.2, 0.25) is 0 Å². The first-order valence-electron chi connectivity index (χ1n) is 6.34. The molecule has 0 radical (unpaired) electrons. The maximum absolute atomic E-state index is 5.67. The van der Waals surface area contributed by atoms with E-state index in [-0.39, 0.29) is 5.95 Å². The molecule has 6 nitrogen and oxygen atoms in total. The van der Waals surface area contributed by atoms with Crippen molar-refractivity contribution in [1.29, 1.82) is 0 Å². The molecule has 0 aliphatic carbocycles. The molecule has 0 bridgehead atoms. The molecule has 0 amide bonds. The maximum atomic E-state index is 5.67. The quantitative estimate of drug-likeness (QED) is 0.790. The Labute approximate surface area is 121 Å². The number of pyridine rings is 1. The minimum Gasteiger partial charge on any atom is -0.481 e. The standard InChI is InChI=1S/C15H13N5O/c1-21-12-8-7-11(9-17-12)14-13(18-15(16)20-19-14)10-5-3-2-4-6-10/h2-9H,1H3,(H2,16,18,20). The van der Waals surface area contributed by atoms with E-state index >= 15 is 0 Å². The van der Waals surface area contributed by atoms with Gasteiger partial charge in [0.1, 0.15) is 11.4 Å². The van der Waals surface area contributed by atoms with Crippen LogP contribution in [0.5, 0.6) is 5.88 Å². The lowest BCUT2D eigenvalue weighted by atomic mass is 10.1. The number of anilines is 1. The zero-order valence-electron chi connectivity index (χ0n) is 11.4. The summed E-state index contributed by atoms with van der Waals surface area (Å²) in [5.74, 6) is 0.676. The van der Waals surface area contributed by atoms with Crippen molar-refractivity contribution in [2.45, 2.75) is 0 Å². The average molecular weight is 279 g/mol. The van der Waals surface area contributed by atoms with Crippen molar-refractivity contribution >= 4 is 5.95 Å². The third-order valence-electron chi connectivity index (χ3n) is 2.97. The Kier molecular flexibility index (Phi) is 3.42. The number of hydrogen-bond donors (Lipinski definition) is 1. The largest absolute Gasteiger partial charge is 0.481 e. The third kappa shape index (κ3) is 2.64. The van der Waals surface area contributed by atoms with Gasteiger partial charge >= 0.3 is 0 Å². The molecule has 6 heteroatoms. The van der Waals surface area contributed by atoms with Gasteiger partial charge in [-0.2, -0.15) is 0 Å². The average Bonchev–Trinajstić information content (AvgIpc) is 2.56. The van der Waals surface area contributed by atoms with Gasteiger partial charge in [-0.05, 0) is 6.07 Å². The summed E-state index contributed by atoms with van der Waals surface area (Å²) in [4.78, 5) is 8.49. The third-order valence-corrected chi connectivity index (χ3v) is 2.97. The minimum absolute atomic E-state index is 0.138. The molecule has 2 heterocycles. The van der Waals surface area contributed by atoms with Gasteiger partial charge in [0.15, 0.2) is 0 Å². The molecular weight excluding hydrogens is 266 g/mol. The molecule has 2 N–H and O–H groups in total. The topological polar surface area (TPSA) is 86.8 Å². The first-order valence-corrected chi connectivity index (χ1v) is 6.34. The summed E-state index contributed by atoms with van der Waals surface area (Å²) in [5, 5.41) is 8.00. The second-order valence-electron chi connectivity index (χ2n) is 4.32. The van der Waals surface area contributed by atoms with Gasteiger partial charge in [-0.1, -0.05) is 30.3 Å². The molecule has 0 saturated heterocycles. The van der Waals surface area contributed by atoms with Crippen LogP contribution in [0.15, 0.2) is 48.7 Å². The lowest BCUT2D eigenvalue weighted by Gasteiger charge is -2.08. The van der Waals surface area contributed by atoms with Crippen LogP contribution < -0.4 is 10.5 Å². The van der Waals surface area contributed by atoms with Gasteiger partial charge in [-0.25, -0.2) is 9.97 Å². The van der Waals surface area contributed by atoms with Crippen LogP contribution in [0.25, 0.3) is 22.5 Å². The SMILES string of the molecule is COc1ccc(-c2nnc(N)nc2-c2ccccc2)cn1. The van der Waals surface area contributed by atoms with Crippen molar-refractivity contribution in [2.75, 3.05) is 12.8 Å². The van der Waals surface area contributed by atoms with Gasteiger partial charge in [-0.3, -0.25) is 0 Å². The number of nitrogens with two attached hydrogens (primary N) is 1. The zero-order valence-corrected chi connectivity index (χ0v) is 11.4. The molecule has 0 spiro atoms. The number of hydrogen-bond acceptors (Lipinski definition) is 6. The van der Waals surface area contributed by atoms with E-state index in [4.69, 9.17) is 10.5 Å². The summed E-state index contributed by atoms with van der Waals surface area (Å²) in [6.07, 6.45) is 1.67. The minimum atomic E-state index is 0.138. The summed E-state index contributed by atoms with van der Waals surface area (Å²) < 4.78 is 5.06. The molecule has 2 aromatic heterocycles. The van der Waals surface area contributed by atoms with Crippen LogP contribution in [0.3, 0.4) is 0 Å². The number of ether oxygens (including phenoxy) is 1. The van der Waals surface area contributed by atoms with Gasteiger partial charge in [0.2, 0.25) is 11.8 Å². The number of nitrogens with zero attached hydrogens (tertiary/aromatic N) is 4. The van der Waals surface area contributed by atoms with Gasteiger partial charge in [0.25, 0.3) is 0 Å². The van der Waals surface area contributed by atoms with Gasteiger partial charge in [0, 0.05) is 23.4 Å². The van der Waals surface area contributed by atoms with E-state index in [1.54, 1.807) is 19.4 Å². The summed E-state index contributed by atoms with van der Waals surface area (Å²) in [6.45, 7) is 0. The normalized spacial score (nSPS) is 10.3. The number of aromatic nitrogens is 4. The van der Waals surface area contributed by atoms with Crippen molar-refractivity contribution < 1.29 is 4.74 Å². The molecule has 1 aromatic carbocycles. The smallest absolute Gasteiger partial charge is 0.240 e. The lowest BCUT2D eigenvalue weighted by molar-refractivity contribution is 0.398. The summed E-state index contributed by atoms with van der Waals surface area (Å²) in [7, 11) is 1.57. The zero-order chi connectivity index (χ0) is 14.7. The highest BCUT2D eigenvalue weighted by Crippen LogP contribution is 2.28. The molecule has 3 rings (SSSR count). The van der Waals surface area contributed by atoms with Crippen molar-refractivity contribution in [3.8, 4) is 28.4 Å². The fourth-order valence-electron chi connectivity index (χ4n) is 1.97. The first-order chi connectivity index (χ1) is 10.3. The van der Waals surface area contributed by atoms with Crippen LogP contribution >= 0.6 is 0 Å². The summed E-state index contributed by atoms with van der Waals surface area (Å²) in [6, 6.07) is 13.3. The van der Waals surface area contributed by atoms with Crippen molar-refractivity contribution in [1.82, 2.24) is 20.2 Å². The Morgan fingerprint density at radius 3 is 2.38 bits per heavy atom. The molecule has 104 valence electrons. The maximum Gasteiger partial charge on any atom is 0.240 e. The molecule has 0 saturated carbocycles. The van der Waals surface area contributed by atoms with Gasteiger partial charge < -0.3 is 10.5 Å². The first kappa shape index (κ1) is 13.0. The molecule has 21 heavy (non-hydrogen) atoms. The lowest BCUT2D eigenvalue weighted by Crippen LogP contribution is -2.02. The monoisotopic (exact) mass is 279 g/mol. The Balaban J connectivity index is 2.13. The number of methoxy groups -OCH3 is 1. The summed E-state index contributed by atoms with van der Waals surface area (Å²) >= 11 is 0. The van der Waals surface area contributed by atoms with Crippen LogP contribution in [0.4, 0.5) is 5.95 Å². The molecular formula is C15H13N5O. The van der Waals surface area contributed by atoms with E-state index in [1.165, 1.54) is 0 Å². The van der Waals surface area contributed by atoms with E-state index in [0.717, 1.165) is 11.1 Å². The Hall–Kier alpha value is -3.02. The predicted octanol–water partition coefficient (Wildman–Crippen LogP) is 2.19. The molecule has 0 aliphatic rings. The van der Waals surface area contributed by atoms with Crippen molar-refractivity contribution in [3.63, 3.8) is 0 Å². The Morgan fingerprint density at radius 1 is 0.905 bits per heavy atom.